The molecule has 0 spiro atoms. The highest BCUT2D eigenvalue weighted by atomic mass is 16.5. The predicted octanol–water partition coefficient (Wildman–Crippen LogP) is 0.458. The number of aryl methyl sites for hydroxylation is 1. The standard InChI is InChI=1S/C11H19N3O3/c1-4-14-10(9(17-3)7-13-14)11(15)8(12)5-6-16-2/h7-8H,4-6,12H2,1-3H3. The SMILES string of the molecule is CCn1ncc(OC)c1C(=O)C(N)CCOC. The maximum absolute atomic E-state index is 12.1. The van der Waals surface area contributed by atoms with Gasteiger partial charge in [0.25, 0.3) is 0 Å². The molecule has 0 saturated heterocycles. The van der Waals surface area contributed by atoms with Crippen molar-refractivity contribution in [3.63, 3.8) is 0 Å². The molecule has 0 aliphatic rings. The first-order valence-corrected chi connectivity index (χ1v) is 5.54. The highest BCUT2D eigenvalue weighted by Gasteiger charge is 2.23. The molecule has 0 fully saturated rings. The van der Waals surface area contributed by atoms with Crippen LogP contribution in [-0.4, -0.2) is 42.4 Å². The van der Waals surface area contributed by atoms with Gasteiger partial charge in [0, 0.05) is 20.3 Å². The highest BCUT2D eigenvalue weighted by molar-refractivity contribution is 6.00. The summed E-state index contributed by atoms with van der Waals surface area (Å²) in [5, 5.41) is 4.07. The van der Waals surface area contributed by atoms with Crippen molar-refractivity contribution >= 4 is 5.78 Å². The molecule has 6 nitrogen and oxygen atoms in total. The van der Waals surface area contributed by atoms with Crippen molar-refractivity contribution in [2.24, 2.45) is 5.73 Å². The van der Waals surface area contributed by atoms with Crippen molar-refractivity contribution in [3.8, 4) is 5.75 Å². The zero-order valence-electron chi connectivity index (χ0n) is 10.5. The maximum atomic E-state index is 12.1. The number of carbonyl (C=O) groups is 1. The van der Waals surface area contributed by atoms with Gasteiger partial charge in [-0.1, -0.05) is 0 Å². The molecule has 0 radical (unpaired) electrons. The quantitative estimate of drug-likeness (QED) is 0.701. The molecular weight excluding hydrogens is 222 g/mol. The summed E-state index contributed by atoms with van der Waals surface area (Å²) in [5.41, 5.74) is 6.24. The lowest BCUT2D eigenvalue weighted by Crippen LogP contribution is -2.33. The van der Waals surface area contributed by atoms with E-state index >= 15 is 0 Å². The number of Topliss-reactive ketones (excluding diaryl/α,β-unsaturated/α-hetero) is 1. The lowest BCUT2D eigenvalue weighted by molar-refractivity contribution is 0.0921. The van der Waals surface area contributed by atoms with Gasteiger partial charge in [-0.2, -0.15) is 5.10 Å². The minimum atomic E-state index is -0.592. The van der Waals surface area contributed by atoms with E-state index in [4.69, 9.17) is 15.2 Å². The number of nitrogens with zero attached hydrogens (tertiary/aromatic N) is 2. The molecule has 1 rings (SSSR count). The van der Waals surface area contributed by atoms with Crippen molar-refractivity contribution in [2.75, 3.05) is 20.8 Å². The van der Waals surface area contributed by atoms with Crippen LogP contribution in [0, 0.1) is 0 Å². The second-order valence-corrected chi connectivity index (χ2v) is 3.63. The molecule has 1 heterocycles. The lowest BCUT2D eigenvalue weighted by Gasteiger charge is -2.12. The van der Waals surface area contributed by atoms with Gasteiger partial charge < -0.3 is 15.2 Å². The average Bonchev–Trinajstić information content (AvgIpc) is 2.77. The Hall–Kier alpha value is -1.40. The van der Waals surface area contributed by atoms with Gasteiger partial charge in [-0.15, -0.1) is 0 Å². The molecule has 1 unspecified atom stereocenters. The molecule has 0 saturated carbocycles. The minimum Gasteiger partial charge on any atom is -0.493 e. The number of ketones is 1. The third kappa shape index (κ3) is 3.04. The third-order valence-electron chi connectivity index (χ3n) is 2.53. The van der Waals surface area contributed by atoms with Gasteiger partial charge in [-0.3, -0.25) is 9.48 Å². The average molecular weight is 241 g/mol. The molecule has 6 heteroatoms. The first-order valence-electron chi connectivity index (χ1n) is 5.54. The van der Waals surface area contributed by atoms with Crippen molar-refractivity contribution in [3.05, 3.63) is 11.9 Å². The number of nitrogens with two attached hydrogens (primary N) is 1. The van der Waals surface area contributed by atoms with Crippen LogP contribution in [0.2, 0.25) is 0 Å². The van der Waals surface area contributed by atoms with Gasteiger partial charge in [-0.25, -0.2) is 0 Å². The molecule has 0 bridgehead atoms. The van der Waals surface area contributed by atoms with Gasteiger partial charge in [0.1, 0.15) is 5.69 Å². The fourth-order valence-corrected chi connectivity index (χ4v) is 1.56. The van der Waals surface area contributed by atoms with Crippen molar-refractivity contribution < 1.29 is 14.3 Å². The number of methoxy groups -OCH3 is 2. The van der Waals surface area contributed by atoms with E-state index in [9.17, 15) is 4.79 Å². The van der Waals surface area contributed by atoms with Crippen LogP contribution in [-0.2, 0) is 11.3 Å². The van der Waals surface area contributed by atoms with Crippen LogP contribution in [0.25, 0.3) is 0 Å². The molecule has 17 heavy (non-hydrogen) atoms. The van der Waals surface area contributed by atoms with E-state index < -0.39 is 6.04 Å². The Balaban J connectivity index is 2.89. The summed E-state index contributed by atoms with van der Waals surface area (Å²) in [6.45, 7) is 2.96. The summed E-state index contributed by atoms with van der Waals surface area (Å²) in [6, 6.07) is -0.592. The molecule has 0 amide bonds. The topological polar surface area (TPSA) is 79.4 Å². The number of hydrogen-bond donors (Lipinski definition) is 1. The number of rotatable bonds is 7. The van der Waals surface area contributed by atoms with Crippen LogP contribution < -0.4 is 10.5 Å². The Labute approximate surface area is 101 Å². The second-order valence-electron chi connectivity index (χ2n) is 3.63. The summed E-state index contributed by atoms with van der Waals surface area (Å²) in [5.74, 6) is 0.294. The Bertz CT molecular complexity index is 355. The Morgan fingerprint density at radius 1 is 1.59 bits per heavy atom. The molecular formula is C11H19N3O3. The van der Waals surface area contributed by atoms with Crippen LogP contribution in [0.3, 0.4) is 0 Å². The fraction of sp³-hybridized carbons (Fsp3) is 0.636. The molecule has 96 valence electrons. The largest absolute Gasteiger partial charge is 0.493 e. The van der Waals surface area contributed by atoms with E-state index in [1.807, 2.05) is 6.92 Å². The first kappa shape index (κ1) is 13.7. The first-order chi connectivity index (χ1) is 8.15. The highest BCUT2D eigenvalue weighted by Crippen LogP contribution is 2.19. The maximum Gasteiger partial charge on any atom is 0.201 e. The van der Waals surface area contributed by atoms with E-state index in [0.29, 0.717) is 31.0 Å². The summed E-state index contributed by atoms with van der Waals surface area (Å²) in [7, 11) is 3.09. The number of hydrogen-bond acceptors (Lipinski definition) is 5. The number of ether oxygens (including phenoxy) is 2. The van der Waals surface area contributed by atoms with Crippen molar-refractivity contribution in [1.29, 1.82) is 0 Å². The third-order valence-corrected chi connectivity index (χ3v) is 2.53. The minimum absolute atomic E-state index is 0.168. The molecule has 2 N–H and O–H groups in total. The van der Waals surface area contributed by atoms with Crippen molar-refractivity contribution in [1.82, 2.24) is 9.78 Å². The smallest absolute Gasteiger partial charge is 0.201 e. The van der Waals surface area contributed by atoms with Gasteiger partial charge in [0.15, 0.2) is 5.75 Å². The normalized spacial score (nSPS) is 12.5. The molecule has 0 aliphatic heterocycles. The van der Waals surface area contributed by atoms with Crippen LogP contribution in [0.15, 0.2) is 6.20 Å². The van der Waals surface area contributed by atoms with Crippen LogP contribution in [0.4, 0.5) is 0 Å². The predicted molar refractivity (Wildman–Crippen MR) is 63.3 cm³/mol. The second kappa shape index (κ2) is 6.36. The lowest BCUT2D eigenvalue weighted by atomic mass is 10.1. The van der Waals surface area contributed by atoms with E-state index in [0.717, 1.165) is 0 Å². The monoisotopic (exact) mass is 241 g/mol. The summed E-state index contributed by atoms with van der Waals surface area (Å²) >= 11 is 0. The molecule has 1 aromatic rings. The molecule has 0 aliphatic carbocycles. The Morgan fingerprint density at radius 2 is 2.29 bits per heavy atom. The molecule has 1 aromatic heterocycles. The van der Waals surface area contributed by atoms with E-state index in [1.54, 1.807) is 11.8 Å². The molecule has 1 atom stereocenters. The summed E-state index contributed by atoms with van der Waals surface area (Å²) in [4.78, 5) is 12.1. The summed E-state index contributed by atoms with van der Waals surface area (Å²) in [6.07, 6.45) is 2.01. The van der Waals surface area contributed by atoms with Gasteiger partial charge >= 0.3 is 0 Å². The van der Waals surface area contributed by atoms with Crippen molar-refractivity contribution in [2.45, 2.75) is 25.9 Å². The Kier molecular flexibility index (Phi) is 5.11. The van der Waals surface area contributed by atoms with E-state index in [-0.39, 0.29) is 5.78 Å². The molecule has 0 aromatic carbocycles. The van der Waals surface area contributed by atoms with Crippen LogP contribution in [0.5, 0.6) is 5.75 Å². The fourth-order valence-electron chi connectivity index (χ4n) is 1.56. The Morgan fingerprint density at radius 3 is 2.82 bits per heavy atom. The number of carbonyl (C=O) groups excluding carboxylic acids is 1. The zero-order valence-corrected chi connectivity index (χ0v) is 10.5. The van der Waals surface area contributed by atoms with Gasteiger partial charge in [0.05, 0.1) is 19.3 Å². The van der Waals surface area contributed by atoms with Crippen LogP contribution in [0.1, 0.15) is 23.8 Å². The van der Waals surface area contributed by atoms with E-state index in [2.05, 4.69) is 5.10 Å². The summed E-state index contributed by atoms with van der Waals surface area (Å²) < 4.78 is 11.6. The van der Waals surface area contributed by atoms with Gasteiger partial charge in [-0.05, 0) is 13.3 Å². The number of aromatic nitrogens is 2. The van der Waals surface area contributed by atoms with Crippen LogP contribution >= 0.6 is 0 Å². The van der Waals surface area contributed by atoms with Gasteiger partial charge in [0.2, 0.25) is 5.78 Å². The zero-order chi connectivity index (χ0) is 12.8. The van der Waals surface area contributed by atoms with E-state index in [1.165, 1.54) is 13.3 Å².